The molecule has 1 aromatic carbocycles. The SMILES string of the molecule is COc1ccc([C@H](C#N)N2CCOCC2)c(OC)c1. The fraction of sp³-hybridized carbons (Fsp3) is 0.500. The van der Waals surface area contributed by atoms with Gasteiger partial charge in [-0.2, -0.15) is 5.26 Å². The van der Waals surface area contributed by atoms with E-state index in [1.165, 1.54) is 0 Å². The van der Waals surface area contributed by atoms with Crippen LogP contribution in [-0.2, 0) is 4.74 Å². The number of hydrogen-bond donors (Lipinski definition) is 0. The largest absolute Gasteiger partial charge is 0.497 e. The predicted octanol–water partition coefficient (Wildman–Crippen LogP) is 1.60. The zero-order valence-electron chi connectivity index (χ0n) is 11.3. The highest BCUT2D eigenvalue weighted by molar-refractivity contribution is 5.44. The summed E-state index contributed by atoms with van der Waals surface area (Å²) in [5, 5.41) is 9.46. The van der Waals surface area contributed by atoms with Gasteiger partial charge in [0.2, 0.25) is 0 Å². The molecule has 0 bridgehead atoms. The lowest BCUT2D eigenvalue weighted by Crippen LogP contribution is -2.38. The number of nitrogens with zero attached hydrogens (tertiary/aromatic N) is 2. The molecule has 1 heterocycles. The second-order valence-corrected chi connectivity index (χ2v) is 4.29. The van der Waals surface area contributed by atoms with E-state index >= 15 is 0 Å². The Morgan fingerprint density at radius 1 is 1.26 bits per heavy atom. The molecule has 0 saturated carbocycles. The van der Waals surface area contributed by atoms with E-state index in [0.29, 0.717) is 19.0 Å². The lowest BCUT2D eigenvalue weighted by Gasteiger charge is -2.31. The van der Waals surface area contributed by atoms with Crippen LogP contribution in [0.5, 0.6) is 11.5 Å². The summed E-state index contributed by atoms with van der Waals surface area (Å²) in [6.45, 7) is 2.84. The average molecular weight is 262 g/mol. The molecule has 1 aromatic rings. The quantitative estimate of drug-likeness (QED) is 0.825. The van der Waals surface area contributed by atoms with Gasteiger partial charge in [0, 0.05) is 24.7 Å². The van der Waals surface area contributed by atoms with Gasteiger partial charge in [0.15, 0.2) is 0 Å². The third-order valence-corrected chi connectivity index (χ3v) is 3.27. The van der Waals surface area contributed by atoms with Crippen molar-refractivity contribution in [2.75, 3.05) is 40.5 Å². The van der Waals surface area contributed by atoms with Crippen molar-refractivity contribution in [3.05, 3.63) is 23.8 Å². The zero-order chi connectivity index (χ0) is 13.7. The van der Waals surface area contributed by atoms with Gasteiger partial charge in [-0.15, -0.1) is 0 Å². The molecule has 0 N–H and O–H groups in total. The minimum atomic E-state index is -0.315. The molecule has 1 aliphatic heterocycles. The van der Waals surface area contributed by atoms with E-state index in [1.54, 1.807) is 20.3 Å². The van der Waals surface area contributed by atoms with Crippen LogP contribution in [0.1, 0.15) is 11.6 Å². The van der Waals surface area contributed by atoms with Crippen LogP contribution in [0, 0.1) is 11.3 Å². The first-order valence-electron chi connectivity index (χ1n) is 6.23. The standard InChI is InChI=1S/C14H18N2O3/c1-17-11-3-4-12(14(9-11)18-2)13(10-15)16-5-7-19-8-6-16/h3-4,9,13H,5-8H2,1-2H3/t13-/m0/s1. The average Bonchev–Trinajstić information content (AvgIpc) is 2.49. The van der Waals surface area contributed by atoms with Crippen molar-refractivity contribution < 1.29 is 14.2 Å². The molecule has 2 rings (SSSR count). The van der Waals surface area contributed by atoms with E-state index in [4.69, 9.17) is 14.2 Å². The van der Waals surface area contributed by atoms with E-state index in [0.717, 1.165) is 24.4 Å². The highest BCUT2D eigenvalue weighted by Crippen LogP contribution is 2.32. The Labute approximate surface area is 113 Å². The van der Waals surface area contributed by atoms with Crippen LogP contribution in [0.25, 0.3) is 0 Å². The molecule has 1 saturated heterocycles. The Morgan fingerprint density at radius 2 is 2.00 bits per heavy atom. The summed E-state index contributed by atoms with van der Waals surface area (Å²) in [6.07, 6.45) is 0. The first kappa shape index (κ1) is 13.7. The van der Waals surface area contributed by atoms with Gasteiger partial charge in [0.05, 0.1) is 33.5 Å². The summed E-state index contributed by atoms with van der Waals surface area (Å²) in [7, 11) is 3.21. The molecule has 1 atom stereocenters. The first-order chi connectivity index (χ1) is 9.30. The summed E-state index contributed by atoms with van der Waals surface area (Å²) in [4.78, 5) is 2.10. The number of benzene rings is 1. The highest BCUT2D eigenvalue weighted by Gasteiger charge is 2.25. The Hall–Kier alpha value is -1.77. The van der Waals surface area contributed by atoms with Crippen molar-refractivity contribution in [3.63, 3.8) is 0 Å². The van der Waals surface area contributed by atoms with E-state index in [1.807, 2.05) is 12.1 Å². The van der Waals surface area contributed by atoms with E-state index in [9.17, 15) is 5.26 Å². The summed E-state index contributed by atoms with van der Waals surface area (Å²) in [5.74, 6) is 1.40. The minimum Gasteiger partial charge on any atom is -0.497 e. The molecule has 0 aliphatic carbocycles. The van der Waals surface area contributed by atoms with Crippen LogP contribution in [-0.4, -0.2) is 45.4 Å². The van der Waals surface area contributed by atoms with Gasteiger partial charge >= 0.3 is 0 Å². The van der Waals surface area contributed by atoms with E-state index < -0.39 is 0 Å². The lowest BCUT2D eigenvalue weighted by atomic mass is 10.0. The van der Waals surface area contributed by atoms with Crippen LogP contribution in [0.15, 0.2) is 18.2 Å². The van der Waals surface area contributed by atoms with Crippen molar-refractivity contribution in [2.24, 2.45) is 0 Å². The molecule has 0 amide bonds. The zero-order valence-corrected chi connectivity index (χ0v) is 11.3. The van der Waals surface area contributed by atoms with Crippen LogP contribution >= 0.6 is 0 Å². The van der Waals surface area contributed by atoms with E-state index in [-0.39, 0.29) is 6.04 Å². The molecule has 5 heteroatoms. The molecular formula is C14H18N2O3. The maximum atomic E-state index is 9.46. The maximum Gasteiger partial charge on any atom is 0.128 e. The number of methoxy groups -OCH3 is 2. The molecule has 1 fully saturated rings. The van der Waals surface area contributed by atoms with Crippen molar-refractivity contribution in [1.29, 1.82) is 5.26 Å². The Morgan fingerprint density at radius 3 is 2.58 bits per heavy atom. The van der Waals surface area contributed by atoms with Gasteiger partial charge in [-0.05, 0) is 12.1 Å². The van der Waals surface area contributed by atoms with Crippen molar-refractivity contribution >= 4 is 0 Å². The molecule has 0 radical (unpaired) electrons. The summed E-state index contributed by atoms with van der Waals surface area (Å²) in [5.41, 5.74) is 0.868. The smallest absolute Gasteiger partial charge is 0.128 e. The Bertz CT molecular complexity index is 464. The first-order valence-corrected chi connectivity index (χ1v) is 6.23. The molecule has 0 aromatic heterocycles. The molecule has 102 valence electrons. The van der Waals surface area contributed by atoms with Crippen LogP contribution < -0.4 is 9.47 Å². The molecular weight excluding hydrogens is 244 g/mol. The second-order valence-electron chi connectivity index (χ2n) is 4.29. The fourth-order valence-corrected chi connectivity index (χ4v) is 2.23. The van der Waals surface area contributed by atoms with Crippen molar-refractivity contribution in [3.8, 4) is 17.6 Å². The van der Waals surface area contributed by atoms with E-state index in [2.05, 4.69) is 11.0 Å². The monoisotopic (exact) mass is 262 g/mol. The topological polar surface area (TPSA) is 54.7 Å². The third kappa shape index (κ3) is 2.98. The molecule has 0 unspecified atom stereocenters. The highest BCUT2D eigenvalue weighted by atomic mass is 16.5. The number of ether oxygens (including phenoxy) is 3. The Balaban J connectivity index is 2.29. The molecule has 19 heavy (non-hydrogen) atoms. The van der Waals surface area contributed by atoms with Gasteiger partial charge < -0.3 is 14.2 Å². The van der Waals surface area contributed by atoms with Crippen LogP contribution in [0.2, 0.25) is 0 Å². The summed E-state index contributed by atoms with van der Waals surface area (Å²) < 4.78 is 15.9. The molecule has 1 aliphatic rings. The number of morpholine rings is 1. The summed E-state index contributed by atoms with van der Waals surface area (Å²) >= 11 is 0. The minimum absolute atomic E-state index is 0.315. The van der Waals surface area contributed by atoms with Gasteiger partial charge in [-0.1, -0.05) is 0 Å². The molecule has 0 spiro atoms. The van der Waals surface area contributed by atoms with Gasteiger partial charge in [-0.3, -0.25) is 4.90 Å². The Kier molecular flexibility index (Phi) is 4.61. The van der Waals surface area contributed by atoms with Crippen molar-refractivity contribution in [1.82, 2.24) is 4.90 Å². The lowest BCUT2D eigenvalue weighted by molar-refractivity contribution is 0.0262. The van der Waals surface area contributed by atoms with Gasteiger partial charge in [0.1, 0.15) is 17.5 Å². The third-order valence-electron chi connectivity index (χ3n) is 3.27. The van der Waals surface area contributed by atoms with Crippen LogP contribution in [0.3, 0.4) is 0 Å². The number of hydrogen-bond acceptors (Lipinski definition) is 5. The van der Waals surface area contributed by atoms with Gasteiger partial charge in [0.25, 0.3) is 0 Å². The fourth-order valence-electron chi connectivity index (χ4n) is 2.23. The molecule has 5 nitrogen and oxygen atoms in total. The van der Waals surface area contributed by atoms with Crippen LogP contribution in [0.4, 0.5) is 0 Å². The number of nitriles is 1. The second kappa shape index (κ2) is 6.41. The van der Waals surface area contributed by atoms with Gasteiger partial charge in [-0.25, -0.2) is 0 Å². The number of rotatable bonds is 4. The normalized spacial score (nSPS) is 17.5. The maximum absolute atomic E-state index is 9.46. The predicted molar refractivity (Wildman–Crippen MR) is 70.3 cm³/mol. The summed E-state index contributed by atoms with van der Waals surface area (Å²) in [6, 6.07) is 7.58. The van der Waals surface area contributed by atoms with Crippen molar-refractivity contribution in [2.45, 2.75) is 6.04 Å².